The zero-order chi connectivity index (χ0) is 15.3. The Balaban J connectivity index is 1.92. The van der Waals surface area contributed by atoms with Gasteiger partial charge in [0.15, 0.2) is 0 Å². The Morgan fingerprint density at radius 2 is 2.18 bits per heavy atom. The van der Waals surface area contributed by atoms with Crippen molar-refractivity contribution in [2.75, 3.05) is 0 Å². The number of ketones is 1. The van der Waals surface area contributed by atoms with Gasteiger partial charge in [0, 0.05) is 28.9 Å². The second kappa shape index (κ2) is 4.53. The number of nitrogens with zero attached hydrogens (tertiary/aromatic N) is 1. The van der Waals surface area contributed by atoms with E-state index >= 15 is 0 Å². The average Bonchev–Trinajstić information content (AvgIpc) is 2.94. The van der Waals surface area contributed by atoms with Gasteiger partial charge >= 0.3 is 0 Å². The van der Waals surface area contributed by atoms with E-state index in [-0.39, 0.29) is 11.2 Å². The van der Waals surface area contributed by atoms with E-state index in [1.54, 1.807) is 13.0 Å². The van der Waals surface area contributed by atoms with E-state index in [9.17, 15) is 9.18 Å². The van der Waals surface area contributed by atoms with Gasteiger partial charge in [-0.25, -0.2) is 0 Å². The van der Waals surface area contributed by atoms with Crippen LogP contribution in [0.1, 0.15) is 31.9 Å². The molecule has 0 bridgehead atoms. The van der Waals surface area contributed by atoms with Crippen molar-refractivity contribution in [3.63, 3.8) is 0 Å². The van der Waals surface area contributed by atoms with E-state index in [1.807, 2.05) is 18.2 Å². The molecule has 0 aliphatic heterocycles. The second-order valence-electron chi connectivity index (χ2n) is 6.06. The lowest BCUT2D eigenvalue weighted by Gasteiger charge is -2.12. The number of rotatable bonds is 4. The minimum absolute atomic E-state index is 0.151. The molecule has 2 heterocycles. The molecule has 0 unspecified atom stereocenters. The topological polar surface area (TPSA) is 58.9 Å². The summed E-state index contributed by atoms with van der Waals surface area (Å²) < 4.78 is 18.4. The minimum atomic E-state index is -0.609. The van der Waals surface area contributed by atoms with Crippen LogP contribution in [0.4, 0.5) is 4.39 Å². The first-order valence-corrected chi connectivity index (χ1v) is 7.32. The predicted molar refractivity (Wildman–Crippen MR) is 80.0 cm³/mol. The fourth-order valence-corrected chi connectivity index (χ4v) is 3.26. The largest absolute Gasteiger partial charge is 0.431 e. The third-order valence-electron chi connectivity index (χ3n) is 4.39. The summed E-state index contributed by atoms with van der Waals surface area (Å²) in [4.78, 5) is 11.6. The smallest absolute Gasteiger partial charge is 0.278 e. The van der Waals surface area contributed by atoms with Crippen LogP contribution in [0.25, 0.3) is 22.2 Å². The van der Waals surface area contributed by atoms with Crippen LogP contribution in [0.5, 0.6) is 0 Å². The zero-order valence-corrected chi connectivity index (χ0v) is 12.1. The average molecular weight is 298 g/mol. The first kappa shape index (κ1) is 13.2. The van der Waals surface area contributed by atoms with Crippen LogP contribution in [0, 0.1) is 6.01 Å². The SMILES string of the molecule is CC(=O)CC1(c2[nH]nc3cccc(-c4ccc(F)o4)c23)CC1. The molecule has 2 aromatic heterocycles. The summed E-state index contributed by atoms with van der Waals surface area (Å²) in [6, 6.07) is 7.97. The number of carbonyl (C=O) groups excluding carboxylic acids is 1. The van der Waals surface area contributed by atoms with E-state index < -0.39 is 6.01 Å². The third kappa shape index (κ3) is 1.96. The molecule has 1 saturated carbocycles. The number of hydrogen-bond acceptors (Lipinski definition) is 3. The number of fused-ring (bicyclic) bond motifs is 1. The molecule has 5 heteroatoms. The number of Topliss-reactive ketones (excluding diaryl/α,β-unsaturated/α-hetero) is 1. The minimum Gasteiger partial charge on any atom is -0.431 e. The van der Waals surface area contributed by atoms with Crippen molar-refractivity contribution in [1.29, 1.82) is 0 Å². The van der Waals surface area contributed by atoms with Crippen molar-refractivity contribution in [3.8, 4) is 11.3 Å². The number of aromatic nitrogens is 2. The highest BCUT2D eigenvalue weighted by Crippen LogP contribution is 2.53. The van der Waals surface area contributed by atoms with Gasteiger partial charge in [-0.1, -0.05) is 12.1 Å². The van der Waals surface area contributed by atoms with Gasteiger partial charge in [0.2, 0.25) is 0 Å². The highest BCUT2D eigenvalue weighted by molar-refractivity contribution is 5.96. The Morgan fingerprint density at radius 3 is 2.82 bits per heavy atom. The molecule has 3 aromatic rings. The van der Waals surface area contributed by atoms with Gasteiger partial charge in [-0.3, -0.25) is 9.89 Å². The van der Waals surface area contributed by atoms with Gasteiger partial charge < -0.3 is 4.42 Å². The summed E-state index contributed by atoms with van der Waals surface area (Å²) in [5.74, 6) is 0.645. The van der Waals surface area contributed by atoms with Crippen molar-refractivity contribution in [3.05, 3.63) is 42.0 Å². The van der Waals surface area contributed by atoms with E-state index in [0.29, 0.717) is 12.2 Å². The van der Waals surface area contributed by atoms with Crippen LogP contribution in [-0.2, 0) is 10.2 Å². The second-order valence-corrected chi connectivity index (χ2v) is 6.06. The molecule has 0 spiro atoms. The summed E-state index contributed by atoms with van der Waals surface area (Å²) in [6.45, 7) is 1.61. The molecule has 0 amide bonds. The van der Waals surface area contributed by atoms with Crippen LogP contribution < -0.4 is 0 Å². The molecular formula is C17H15FN2O2. The Hall–Kier alpha value is -2.43. The standard InChI is InChI=1S/C17H15FN2O2/c1-10(21)9-17(7-8-17)16-15-11(13-5-6-14(18)22-13)3-2-4-12(15)19-20-16/h2-6H,7-9H2,1H3,(H,19,20). The number of halogens is 1. The molecule has 0 radical (unpaired) electrons. The molecule has 112 valence electrons. The Morgan fingerprint density at radius 1 is 1.36 bits per heavy atom. The third-order valence-corrected chi connectivity index (χ3v) is 4.39. The van der Waals surface area contributed by atoms with Crippen molar-refractivity contribution < 1.29 is 13.6 Å². The van der Waals surface area contributed by atoms with Crippen LogP contribution in [-0.4, -0.2) is 16.0 Å². The maximum atomic E-state index is 13.2. The lowest BCUT2D eigenvalue weighted by atomic mass is 9.91. The number of nitrogens with one attached hydrogen (secondary N) is 1. The van der Waals surface area contributed by atoms with Crippen LogP contribution >= 0.6 is 0 Å². The quantitative estimate of drug-likeness (QED) is 0.792. The number of furan rings is 1. The maximum Gasteiger partial charge on any atom is 0.278 e. The highest BCUT2D eigenvalue weighted by Gasteiger charge is 2.47. The van der Waals surface area contributed by atoms with Crippen molar-refractivity contribution in [1.82, 2.24) is 10.2 Å². The summed E-state index contributed by atoms with van der Waals surface area (Å²) >= 11 is 0. The summed E-state index contributed by atoms with van der Waals surface area (Å²) in [6.07, 6.45) is 2.43. The summed E-state index contributed by atoms with van der Waals surface area (Å²) in [5.41, 5.74) is 2.42. The number of hydrogen-bond donors (Lipinski definition) is 1. The fraction of sp³-hybridized carbons (Fsp3) is 0.294. The van der Waals surface area contributed by atoms with E-state index in [2.05, 4.69) is 10.2 Å². The first-order chi connectivity index (χ1) is 10.6. The molecule has 1 aromatic carbocycles. The molecule has 1 fully saturated rings. The number of H-pyrrole nitrogens is 1. The van der Waals surface area contributed by atoms with Gasteiger partial charge in [0.05, 0.1) is 11.2 Å². The summed E-state index contributed by atoms with van der Waals surface area (Å²) in [5, 5.41) is 8.38. The molecule has 1 N–H and O–H groups in total. The van der Waals surface area contributed by atoms with Gasteiger partial charge in [0.25, 0.3) is 6.01 Å². The lowest BCUT2D eigenvalue weighted by Crippen LogP contribution is -2.12. The molecule has 4 nitrogen and oxygen atoms in total. The molecule has 4 rings (SSSR count). The fourth-order valence-electron chi connectivity index (χ4n) is 3.26. The van der Waals surface area contributed by atoms with E-state index in [4.69, 9.17) is 4.42 Å². The Bertz CT molecular complexity index is 874. The number of benzene rings is 1. The van der Waals surface area contributed by atoms with Crippen LogP contribution in [0.3, 0.4) is 0 Å². The van der Waals surface area contributed by atoms with Crippen molar-refractivity contribution >= 4 is 16.7 Å². The van der Waals surface area contributed by atoms with Gasteiger partial charge in [-0.2, -0.15) is 9.49 Å². The van der Waals surface area contributed by atoms with Gasteiger partial charge in [-0.05, 0) is 31.9 Å². The summed E-state index contributed by atoms with van der Waals surface area (Å²) in [7, 11) is 0. The van der Waals surface area contributed by atoms with Gasteiger partial charge in [-0.15, -0.1) is 0 Å². The number of aromatic amines is 1. The lowest BCUT2D eigenvalue weighted by molar-refractivity contribution is -0.117. The zero-order valence-electron chi connectivity index (χ0n) is 12.1. The van der Waals surface area contributed by atoms with Crippen LogP contribution in [0.2, 0.25) is 0 Å². The van der Waals surface area contributed by atoms with Crippen LogP contribution in [0.15, 0.2) is 34.7 Å². The normalized spacial score (nSPS) is 16.1. The molecule has 1 aliphatic carbocycles. The molecule has 0 saturated heterocycles. The monoisotopic (exact) mass is 298 g/mol. The van der Waals surface area contributed by atoms with Gasteiger partial charge in [0.1, 0.15) is 11.5 Å². The highest BCUT2D eigenvalue weighted by atomic mass is 19.1. The van der Waals surface area contributed by atoms with E-state index in [1.165, 1.54) is 6.07 Å². The first-order valence-electron chi connectivity index (χ1n) is 7.32. The number of carbonyl (C=O) groups is 1. The molecule has 0 atom stereocenters. The Labute approximate surface area is 126 Å². The molecule has 22 heavy (non-hydrogen) atoms. The molecular weight excluding hydrogens is 283 g/mol. The van der Waals surface area contributed by atoms with Crippen molar-refractivity contribution in [2.45, 2.75) is 31.6 Å². The Kier molecular flexibility index (Phi) is 2.73. The van der Waals surface area contributed by atoms with Crippen molar-refractivity contribution in [2.24, 2.45) is 0 Å². The van der Waals surface area contributed by atoms with E-state index in [0.717, 1.165) is 35.0 Å². The molecule has 1 aliphatic rings. The maximum absolute atomic E-state index is 13.2. The predicted octanol–water partition coefficient (Wildman–Crippen LogP) is 3.97.